The van der Waals surface area contributed by atoms with Crippen molar-refractivity contribution in [2.75, 3.05) is 20.2 Å². The maximum atomic E-state index is 12.9. The highest BCUT2D eigenvalue weighted by Gasteiger charge is 2.31. The highest BCUT2D eigenvalue weighted by molar-refractivity contribution is 9.10. The van der Waals surface area contributed by atoms with Crippen molar-refractivity contribution in [2.24, 2.45) is 0 Å². The van der Waals surface area contributed by atoms with Gasteiger partial charge in [0.1, 0.15) is 5.75 Å². The zero-order valence-electron chi connectivity index (χ0n) is 12.7. The molecule has 1 aliphatic heterocycles. The molecule has 3 rings (SSSR count). The number of methoxy groups -OCH3 is 1. The highest BCUT2D eigenvalue weighted by atomic mass is 79.9. The number of hydrogen-bond acceptors (Lipinski definition) is 4. The molecular weight excluding hydrogens is 382 g/mol. The van der Waals surface area contributed by atoms with Crippen molar-refractivity contribution in [1.82, 2.24) is 14.5 Å². The monoisotopic (exact) mass is 399 g/mol. The number of aromatic nitrogens is 2. The zero-order chi connectivity index (χ0) is 16.4. The number of nitrogens with one attached hydrogen (secondary N) is 1. The van der Waals surface area contributed by atoms with Crippen LogP contribution in [0.15, 0.2) is 39.8 Å². The Labute approximate surface area is 144 Å². The van der Waals surface area contributed by atoms with Gasteiger partial charge in [-0.05, 0) is 53.0 Å². The topological polar surface area (TPSA) is 75.3 Å². The second kappa shape index (κ2) is 6.62. The molecule has 1 atom stereocenters. The van der Waals surface area contributed by atoms with Gasteiger partial charge in [-0.3, -0.25) is 5.10 Å². The van der Waals surface area contributed by atoms with Crippen molar-refractivity contribution in [3.63, 3.8) is 0 Å². The van der Waals surface area contributed by atoms with Gasteiger partial charge in [0.15, 0.2) is 0 Å². The Morgan fingerprint density at radius 3 is 2.87 bits per heavy atom. The van der Waals surface area contributed by atoms with Gasteiger partial charge in [-0.1, -0.05) is 0 Å². The summed E-state index contributed by atoms with van der Waals surface area (Å²) in [5.41, 5.74) is 0.987. The van der Waals surface area contributed by atoms with Crippen LogP contribution < -0.4 is 4.74 Å². The third-order valence-electron chi connectivity index (χ3n) is 4.11. The van der Waals surface area contributed by atoms with E-state index < -0.39 is 10.0 Å². The molecule has 6 nitrogen and oxygen atoms in total. The second-order valence-corrected chi connectivity index (χ2v) is 8.30. The van der Waals surface area contributed by atoms with E-state index in [-0.39, 0.29) is 10.8 Å². The van der Waals surface area contributed by atoms with E-state index >= 15 is 0 Å². The van der Waals surface area contributed by atoms with E-state index in [9.17, 15) is 8.42 Å². The number of benzene rings is 1. The van der Waals surface area contributed by atoms with E-state index in [4.69, 9.17) is 4.74 Å². The van der Waals surface area contributed by atoms with Crippen LogP contribution in [0.25, 0.3) is 0 Å². The number of nitrogens with zero attached hydrogens (tertiary/aromatic N) is 2. The number of H-pyrrole nitrogens is 1. The van der Waals surface area contributed by atoms with Crippen LogP contribution in [0.4, 0.5) is 0 Å². The summed E-state index contributed by atoms with van der Waals surface area (Å²) >= 11 is 3.35. The van der Waals surface area contributed by atoms with Gasteiger partial charge in [-0.2, -0.15) is 9.40 Å². The Balaban J connectivity index is 1.85. The molecule has 2 aromatic rings. The van der Waals surface area contributed by atoms with Gasteiger partial charge in [0.2, 0.25) is 10.0 Å². The van der Waals surface area contributed by atoms with Gasteiger partial charge in [0, 0.05) is 30.9 Å². The van der Waals surface area contributed by atoms with Crippen molar-refractivity contribution in [1.29, 1.82) is 0 Å². The quantitative estimate of drug-likeness (QED) is 0.857. The maximum absolute atomic E-state index is 12.9. The summed E-state index contributed by atoms with van der Waals surface area (Å²) in [6.45, 7) is 1.00. The molecule has 23 heavy (non-hydrogen) atoms. The van der Waals surface area contributed by atoms with Crippen LogP contribution in [0.3, 0.4) is 0 Å². The predicted molar refractivity (Wildman–Crippen MR) is 90.0 cm³/mol. The van der Waals surface area contributed by atoms with Gasteiger partial charge in [0.25, 0.3) is 0 Å². The Kier molecular flexibility index (Phi) is 4.74. The fourth-order valence-electron chi connectivity index (χ4n) is 2.87. The zero-order valence-corrected chi connectivity index (χ0v) is 15.1. The van der Waals surface area contributed by atoms with Crippen molar-refractivity contribution < 1.29 is 13.2 Å². The van der Waals surface area contributed by atoms with Gasteiger partial charge in [-0.25, -0.2) is 8.42 Å². The van der Waals surface area contributed by atoms with E-state index in [2.05, 4.69) is 26.1 Å². The van der Waals surface area contributed by atoms with E-state index in [1.54, 1.807) is 35.8 Å². The van der Waals surface area contributed by atoms with Crippen LogP contribution in [-0.4, -0.2) is 43.1 Å². The Morgan fingerprint density at radius 1 is 1.39 bits per heavy atom. The standard InChI is InChI=1S/C15H18BrN3O3S/c1-22-15-5-4-12(9-13(15)16)23(20,21)19-8-2-3-11(10-19)14-6-7-17-18-14/h4-7,9,11H,2-3,8,10H2,1H3,(H,17,18). The van der Waals surface area contributed by atoms with Crippen LogP contribution in [0.2, 0.25) is 0 Å². The molecule has 8 heteroatoms. The van der Waals surface area contributed by atoms with E-state index in [0.717, 1.165) is 18.5 Å². The van der Waals surface area contributed by atoms with Gasteiger partial charge in [0.05, 0.1) is 16.5 Å². The number of halogens is 1. The van der Waals surface area contributed by atoms with Crippen molar-refractivity contribution in [3.8, 4) is 5.75 Å². The third-order valence-corrected chi connectivity index (χ3v) is 6.59. The first-order valence-electron chi connectivity index (χ1n) is 7.35. The van der Waals surface area contributed by atoms with Gasteiger partial charge in [-0.15, -0.1) is 0 Å². The molecule has 1 unspecified atom stereocenters. The average molecular weight is 400 g/mol. The van der Waals surface area contributed by atoms with E-state index in [1.807, 2.05) is 6.07 Å². The highest BCUT2D eigenvalue weighted by Crippen LogP contribution is 2.32. The summed E-state index contributed by atoms with van der Waals surface area (Å²) in [6, 6.07) is 6.74. The van der Waals surface area contributed by atoms with Crippen LogP contribution in [0.5, 0.6) is 5.75 Å². The first-order valence-corrected chi connectivity index (χ1v) is 9.58. The minimum Gasteiger partial charge on any atom is -0.496 e. The molecule has 0 spiro atoms. The molecule has 1 saturated heterocycles. The number of sulfonamides is 1. The van der Waals surface area contributed by atoms with Crippen molar-refractivity contribution in [3.05, 3.63) is 40.6 Å². The molecule has 0 aliphatic carbocycles. The third kappa shape index (κ3) is 3.29. The summed E-state index contributed by atoms with van der Waals surface area (Å²) in [4.78, 5) is 0.274. The van der Waals surface area contributed by atoms with Gasteiger partial charge < -0.3 is 4.74 Å². The normalized spacial score (nSPS) is 19.7. The first-order chi connectivity index (χ1) is 11.0. The number of ether oxygens (including phenoxy) is 1. The molecule has 2 heterocycles. The lowest BCUT2D eigenvalue weighted by molar-refractivity contribution is 0.312. The smallest absolute Gasteiger partial charge is 0.243 e. The minimum atomic E-state index is -3.52. The molecule has 1 aliphatic rings. The molecule has 1 fully saturated rings. The summed E-state index contributed by atoms with van der Waals surface area (Å²) < 4.78 is 33.1. The molecule has 1 N–H and O–H groups in total. The Hall–Kier alpha value is -1.38. The van der Waals surface area contributed by atoms with E-state index in [0.29, 0.717) is 23.3 Å². The molecule has 0 saturated carbocycles. The largest absolute Gasteiger partial charge is 0.496 e. The molecule has 124 valence electrons. The lowest BCUT2D eigenvalue weighted by Gasteiger charge is -2.31. The van der Waals surface area contributed by atoms with Crippen LogP contribution >= 0.6 is 15.9 Å². The maximum Gasteiger partial charge on any atom is 0.243 e. The summed E-state index contributed by atoms with van der Waals surface area (Å²) in [5.74, 6) is 0.764. The summed E-state index contributed by atoms with van der Waals surface area (Å²) in [6.07, 6.45) is 3.49. The predicted octanol–water partition coefficient (Wildman–Crippen LogP) is 2.75. The fraction of sp³-hybridized carbons (Fsp3) is 0.400. The SMILES string of the molecule is COc1ccc(S(=O)(=O)N2CCCC(c3ccn[nH]3)C2)cc1Br. The minimum absolute atomic E-state index is 0.155. The summed E-state index contributed by atoms with van der Waals surface area (Å²) in [7, 11) is -1.97. The lowest BCUT2D eigenvalue weighted by atomic mass is 9.96. The molecule has 1 aromatic heterocycles. The molecule has 0 amide bonds. The summed E-state index contributed by atoms with van der Waals surface area (Å²) in [5, 5.41) is 6.91. The average Bonchev–Trinajstić information content (AvgIpc) is 3.09. The number of hydrogen-bond donors (Lipinski definition) is 1. The van der Waals surface area contributed by atoms with Crippen LogP contribution in [0, 0.1) is 0 Å². The lowest BCUT2D eigenvalue weighted by Crippen LogP contribution is -2.39. The Morgan fingerprint density at radius 2 is 2.22 bits per heavy atom. The Bertz CT molecular complexity index is 777. The second-order valence-electron chi connectivity index (χ2n) is 5.51. The number of rotatable bonds is 4. The number of piperidine rings is 1. The fourth-order valence-corrected chi connectivity index (χ4v) is 5.11. The van der Waals surface area contributed by atoms with Crippen LogP contribution in [0.1, 0.15) is 24.5 Å². The van der Waals surface area contributed by atoms with E-state index in [1.165, 1.54) is 0 Å². The van der Waals surface area contributed by atoms with Crippen LogP contribution in [-0.2, 0) is 10.0 Å². The molecule has 0 radical (unpaired) electrons. The van der Waals surface area contributed by atoms with Gasteiger partial charge >= 0.3 is 0 Å². The molecule has 1 aromatic carbocycles. The number of aromatic amines is 1. The molecule has 0 bridgehead atoms. The van der Waals surface area contributed by atoms with Crippen molar-refractivity contribution in [2.45, 2.75) is 23.7 Å². The van der Waals surface area contributed by atoms with Crippen molar-refractivity contribution >= 4 is 26.0 Å². The first kappa shape index (κ1) is 16.5. The molecular formula is C15H18BrN3O3S.